The first kappa shape index (κ1) is 23.4. The van der Waals surface area contributed by atoms with Crippen LogP contribution in [0.5, 0.6) is 11.5 Å². The number of benzene rings is 2. The van der Waals surface area contributed by atoms with Gasteiger partial charge in [0, 0.05) is 35.2 Å². The van der Waals surface area contributed by atoms with Crippen LogP contribution in [0.1, 0.15) is 36.2 Å². The number of pyridine rings is 1. The predicted octanol–water partition coefficient (Wildman–Crippen LogP) is 3.87. The molecular formula is C25H27N3O6. The molecule has 9 nitrogen and oxygen atoms in total. The molecule has 0 bridgehead atoms. The van der Waals surface area contributed by atoms with Crippen LogP contribution in [0.3, 0.4) is 0 Å². The number of fused-ring (bicyclic) bond motifs is 5. The van der Waals surface area contributed by atoms with Crippen molar-refractivity contribution in [2.24, 2.45) is 0 Å². The van der Waals surface area contributed by atoms with E-state index in [1.54, 1.807) is 16.7 Å². The highest BCUT2D eigenvalue weighted by atomic mass is 16.6. The summed E-state index contributed by atoms with van der Waals surface area (Å²) in [6, 6.07) is 7.39. The second-order valence-corrected chi connectivity index (χ2v) is 8.13. The molecule has 1 heterocycles. The Balaban J connectivity index is 2.00. The van der Waals surface area contributed by atoms with E-state index in [0.29, 0.717) is 57.6 Å². The molecule has 0 amide bonds. The van der Waals surface area contributed by atoms with Crippen molar-refractivity contribution in [1.29, 1.82) is 0 Å². The minimum absolute atomic E-state index is 0.131. The normalized spacial score (nSPS) is 12.2. The zero-order valence-electron chi connectivity index (χ0n) is 19.7. The Kier molecular flexibility index (Phi) is 6.39. The van der Waals surface area contributed by atoms with Gasteiger partial charge in [-0.3, -0.25) is 19.7 Å². The van der Waals surface area contributed by atoms with Crippen LogP contribution in [0.2, 0.25) is 0 Å². The molecule has 1 aliphatic carbocycles. The summed E-state index contributed by atoms with van der Waals surface area (Å²) in [5.74, 6) is 0.514. The monoisotopic (exact) mass is 465 g/mol. The van der Waals surface area contributed by atoms with Crippen LogP contribution in [0.25, 0.3) is 22.0 Å². The van der Waals surface area contributed by atoms with E-state index in [1.165, 1.54) is 32.4 Å². The predicted molar refractivity (Wildman–Crippen MR) is 129 cm³/mol. The lowest BCUT2D eigenvalue weighted by Gasteiger charge is -2.20. The van der Waals surface area contributed by atoms with E-state index >= 15 is 0 Å². The molecule has 0 saturated carbocycles. The van der Waals surface area contributed by atoms with Gasteiger partial charge < -0.3 is 18.9 Å². The fourth-order valence-corrected chi connectivity index (χ4v) is 4.66. The maximum absolute atomic E-state index is 13.7. The van der Waals surface area contributed by atoms with Gasteiger partial charge in [0.25, 0.3) is 11.2 Å². The van der Waals surface area contributed by atoms with Gasteiger partial charge in [-0.05, 0) is 44.3 Å². The van der Waals surface area contributed by atoms with Crippen molar-refractivity contribution in [2.75, 3.05) is 33.9 Å². The lowest BCUT2D eigenvalue weighted by atomic mass is 10.0. The summed E-state index contributed by atoms with van der Waals surface area (Å²) in [5, 5.41) is 12.2. The average molecular weight is 466 g/mol. The number of ether oxygens (including phenoxy) is 2. The third kappa shape index (κ3) is 3.71. The second-order valence-electron chi connectivity index (χ2n) is 8.13. The number of nitro benzene ring substituents is 1. The lowest BCUT2D eigenvalue weighted by molar-refractivity contribution is -0.384. The Morgan fingerprint density at radius 2 is 1.62 bits per heavy atom. The fraction of sp³-hybridized carbons (Fsp3) is 0.360. The molecule has 0 radical (unpaired) electrons. The summed E-state index contributed by atoms with van der Waals surface area (Å²) in [4.78, 5) is 40.4. The van der Waals surface area contributed by atoms with E-state index in [-0.39, 0.29) is 17.0 Å². The van der Waals surface area contributed by atoms with Crippen LogP contribution in [-0.4, -0.2) is 54.0 Å². The smallest absolute Gasteiger partial charge is 0.270 e. The highest BCUT2D eigenvalue weighted by Gasteiger charge is 2.34. The van der Waals surface area contributed by atoms with Crippen molar-refractivity contribution < 1.29 is 19.2 Å². The summed E-state index contributed by atoms with van der Waals surface area (Å²) in [6.45, 7) is 7.11. The van der Waals surface area contributed by atoms with E-state index in [2.05, 4.69) is 18.7 Å². The van der Waals surface area contributed by atoms with Crippen LogP contribution in [0.15, 0.2) is 35.1 Å². The molecule has 0 unspecified atom stereocenters. The van der Waals surface area contributed by atoms with Crippen molar-refractivity contribution in [3.63, 3.8) is 0 Å². The Morgan fingerprint density at radius 3 is 2.21 bits per heavy atom. The number of hydrogen-bond donors (Lipinski definition) is 0. The molecule has 0 fully saturated rings. The number of nitro groups is 1. The van der Waals surface area contributed by atoms with Crippen molar-refractivity contribution in [1.82, 2.24) is 9.47 Å². The number of rotatable bonds is 9. The molecule has 0 atom stereocenters. The largest absolute Gasteiger partial charge is 0.493 e. The number of non-ortho nitro benzene ring substituents is 1. The summed E-state index contributed by atoms with van der Waals surface area (Å²) in [7, 11) is 2.97. The molecule has 9 heteroatoms. The Hall–Kier alpha value is -3.72. The van der Waals surface area contributed by atoms with Gasteiger partial charge in [-0.25, -0.2) is 0 Å². The van der Waals surface area contributed by atoms with Gasteiger partial charge in [0.1, 0.15) is 0 Å². The molecule has 2 aromatic carbocycles. The summed E-state index contributed by atoms with van der Waals surface area (Å²) in [5.41, 5.74) is 1.13. The summed E-state index contributed by atoms with van der Waals surface area (Å²) < 4.78 is 12.4. The molecule has 0 aliphatic heterocycles. The minimum atomic E-state index is -0.499. The molecule has 34 heavy (non-hydrogen) atoms. The Labute approximate surface area is 196 Å². The SMILES string of the molecule is CCN(CC)CCCn1c2c(c3cc(OC)c(OC)cc3c1=O)C(=O)c1ccc([N+](=O)[O-])cc1-2. The Bertz CT molecular complexity index is 1360. The third-order valence-corrected chi connectivity index (χ3v) is 6.47. The highest BCUT2D eigenvalue weighted by Crippen LogP contribution is 2.43. The molecule has 0 N–H and O–H groups in total. The molecule has 4 rings (SSSR count). The van der Waals surface area contributed by atoms with E-state index in [4.69, 9.17) is 9.47 Å². The molecule has 0 saturated heterocycles. The van der Waals surface area contributed by atoms with Gasteiger partial charge in [-0.1, -0.05) is 13.8 Å². The van der Waals surface area contributed by atoms with E-state index < -0.39 is 4.92 Å². The van der Waals surface area contributed by atoms with Gasteiger partial charge in [0.2, 0.25) is 0 Å². The number of nitrogens with zero attached hydrogens (tertiary/aromatic N) is 3. The van der Waals surface area contributed by atoms with Crippen molar-refractivity contribution in [2.45, 2.75) is 26.8 Å². The number of methoxy groups -OCH3 is 2. The molecule has 0 spiro atoms. The summed E-state index contributed by atoms with van der Waals surface area (Å²) >= 11 is 0. The number of carbonyl (C=O) groups is 1. The van der Waals surface area contributed by atoms with Crippen LogP contribution in [-0.2, 0) is 6.54 Å². The standard InChI is InChI=1S/C25H27N3O6/c1-5-26(6-2)10-7-11-27-23-18-12-15(28(31)32)8-9-16(18)24(29)22(23)17-13-20(33-3)21(34-4)14-19(17)25(27)30/h8-9,12-14H,5-7,10-11H2,1-4H3. The van der Waals surface area contributed by atoms with Crippen LogP contribution < -0.4 is 15.0 Å². The molecule has 178 valence electrons. The first-order chi connectivity index (χ1) is 16.4. The number of carbonyl (C=O) groups excluding carboxylic acids is 1. The maximum atomic E-state index is 13.7. The summed E-state index contributed by atoms with van der Waals surface area (Å²) in [6.07, 6.45) is 0.686. The molecule has 1 aromatic heterocycles. The number of aromatic nitrogens is 1. The van der Waals surface area contributed by atoms with Gasteiger partial charge in [-0.2, -0.15) is 0 Å². The molecule has 3 aromatic rings. The third-order valence-electron chi connectivity index (χ3n) is 6.47. The zero-order chi connectivity index (χ0) is 24.6. The average Bonchev–Trinajstić information content (AvgIpc) is 3.14. The first-order valence-corrected chi connectivity index (χ1v) is 11.2. The van der Waals surface area contributed by atoms with Crippen LogP contribution in [0, 0.1) is 10.1 Å². The minimum Gasteiger partial charge on any atom is -0.493 e. The van der Waals surface area contributed by atoms with Crippen LogP contribution in [0.4, 0.5) is 5.69 Å². The Morgan fingerprint density at radius 1 is 0.971 bits per heavy atom. The van der Waals surface area contributed by atoms with E-state index in [9.17, 15) is 19.7 Å². The lowest BCUT2D eigenvalue weighted by Crippen LogP contribution is -2.28. The van der Waals surface area contributed by atoms with E-state index in [0.717, 1.165) is 19.6 Å². The first-order valence-electron chi connectivity index (χ1n) is 11.2. The molecule has 1 aliphatic rings. The zero-order valence-corrected chi connectivity index (χ0v) is 19.7. The van der Waals surface area contributed by atoms with Crippen molar-refractivity contribution in [3.05, 3.63) is 61.9 Å². The van der Waals surface area contributed by atoms with Gasteiger partial charge in [0.05, 0.1) is 35.8 Å². The van der Waals surface area contributed by atoms with E-state index in [1.807, 2.05) is 0 Å². The number of hydrogen-bond acceptors (Lipinski definition) is 7. The highest BCUT2D eigenvalue weighted by molar-refractivity contribution is 6.27. The second kappa shape index (κ2) is 9.26. The van der Waals surface area contributed by atoms with Gasteiger partial charge >= 0.3 is 0 Å². The fourth-order valence-electron chi connectivity index (χ4n) is 4.66. The molecular weight excluding hydrogens is 438 g/mol. The number of ketones is 1. The van der Waals surface area contributed by atoms with Gasteiger partial charge in [0.15, 0.2) is 17.3 Å². The maximum Gasteiger partial charge on any atom is 0.270 e. The van der Waals surface area contributed by atoms with Crippen molar-refractivity contribution in [3.8, 4) is 22.8 Å². The van der Waals surface area contributed by atoms with Crippen LogP contribution >= 0.6 is 0 Å². The quantitative estimate of drug-likeness (QED) is 0.273. The van der Waals surface area contributed by atoms with Gasteiger partial charge in [-0.15, -0.1) is 0 Å². The topological polar surface area (TPSA) is 104 Å². The van der Waals surface area contributed by atoms with Crippen molar-refractivity contribution >= 4 is 22.2 Å².